The molecular formula is C19H36N2O3. The van der Waals surface area contributed by atoms with Crippen molar-refractivity contribution in [2.75, 3.05) is 46.4 Å². The zero-order chi connectivity index (χ0) is 17.2. The molecule has 1 heterocycles. The first-order chi connectivity index (χ1) is 11.6. The quantitative estimate of drug-likeness (QED) is 0.651. The largest absolute Gasteiger partial charge is 0.465 e. The summed E-state index contributed by atoms with van der Waals surface area (Å²) < 4.78 is 5.89. The molecular weight excluding hydrogens is 304 g/mol. The highest BCUT2D eigenvalue weighted by molar-refractivity contribution is 5.64. The average molecular weight is 341 g/mol. The second-order valence-corrected chi connectivity index (χ2v) is 7.73. The van der Waals surface area contributed by atoms with Crippen LogP contribution in [0.2, 0.25) is 0 Å². The Balaban J connectivity index is 1.44. The molecule has 2 fully saturated rings. The van der Waals surface area contributed by atoms with Crippen molar-refractivity contribution in [2.24, 2.45) is 11.8 Å². The van der Waals surface area contributed by atoms with E-state index in [0.29, 0.717) is 18.4 Å². The van der Waals surface area contributed by atoms with Gasteiger partial charge in [-0.1, -0.05) is 6.42 Å². The molecule has 5 nitrogen and oxygen atoms in total. The fraction of sp³-hybridized carbons (Fsp3) is 0.947. The highest BCUT2D eigenvalue weighted by atomic mass is 16.5. The van der Waals surface area contributed by atoms with E-state index in [1.165, 1.54) is 69.5 Å². The van der Waals surface area contributed by atoms with Crippen LogP contribution in [-0.2, 0) is 4.74 Å². The maximum absolute atomic E-state index is 10.9. The van der Waals surface area contributed by atoms with E-state index in [4.69, 9.17) is 9.84 Å². The topological polar surface area (TPSA) is 53.0 Å². The SMILES string of the molecule is CN(CC1CCC(COCCCCN2CCCCC2)CC1)C(=O)O. The van der Waals surface area contributed by atoms with Gasteiger partial charge in [-0.05, 0) is 82.8 Å². The molecule has 1 N–H and O–H groups in total. The Kier molecular flexibility index (Phi) is 8.89. The van der Waals surface area contributed by atoms with Gasteiger partial charge in [0.25, 0.3) is 0 Å². The molecule has 0 aromatic rings. The van der Waals surface area contributed by atoms with E-state index in [1.807, 2.05) is 0 Å². The normalized spacial score (nSPS) is 25.5. The van der Waals surface area contributed by atoms with Crippen LogP contribution in [0.3, 0.4) is 0 Å². The summed E-state index contributed by atoms with van der Waals surface area (Å²) in [4.78, 5) is 14.9. The second-order valence-electron chi connectivity index (χ2n) is 7.73. The number of piperidine rings is 1. The number of ether oxygens (including phenoxy) is 1. The Morgan fingerprint density at radius 3 is 2.42 bits per heavy atom. The third kappa shape index (κ3) is 7.39. The van der Waals surface area contributed by atoms with E-state index in [0.717, 1.165) is 26.1 Å². The summed E-state index contributed by atoms with van der Waals surface area (Å²) in [5.74, 6) is 1.21. The van der Waals surface area contributed by atoms with E-state index in [2.05, 4.69) is 4.90 Å². The van der Waals surface area contributed by atoms with Gasteiger partial charge in [0.2, 0.25) is 0 Å². The lowest BCUT2D eigenvalue weighted by atomic mass is 9.82. The van der Waals surface area contributed by atoms with Gasteiger partial charge in [-0.25, -0.2) is 4.79 Å². The Labute approximate surface area is 147 Å². The number of likely N-dealkylation sites (tertiary alicyclic amines) is 1. The highest BCUT2D eigenvalue weighted by Crippen LogP contribution is 2.29. The van der Waals surface area contributed by atoms with Crippen molar-refractivity contribution in [3.63, 3.8) is 0 Å². The molecule has 1 saturated carbocycles. The number of unbranched alkanes of at least 4 members (excludes halogenated alkanes) is 1. The van der Waals surface area contributed by atoms with E-state index < -0.39 is 6.09 Å². The number of amides is 1. The summed E-state index contributed by atoms with van der Waals surface area (Å²) in [6.07, 6.45) is 10.4. The second kappa shape index (κ2) is 10.9. The van der Waals surface area contributed by atoms with Crippen LogP contribution in [-0.4, -0.2) is 67.4 Å². The first kappa shape index (κ1) is 19.5. The predicted octanol–water partition coefficient (Wildman–Crippen LogP) is 3.69. The van der Waals surface area contributed by atoms with Crippen molar-refractivity contribution in [1.82, 2.24) is 9.80 Å². The van der Waals surface area contributed by atoms with E-state index in [9.17, 15) is 4.79 Å². The molecule has 2 rings (SSSR count). The van der Waals surface area contributed by atoms with Gasteiger partial charge >= 0.3 is 6.09 Å². The number of nitrogens with zero attached hydrogens (tertiary/aromatic N) is 2. The van der Waals surface area contributed by atoms with Gasteiger partial charge in [0.05, 0.1) is 0 Å². The molecule has 0 unspecified atom stereocenters. The Hall–Kier alpha value is -0.810. The van der Waals surface area contributed by atoms with Crippen LogP contribution in [0.25, 0.3) is 0 Å². The lowest BCUT2D eigenvalue weighted by Crippen LogP contribution is -2.32. The Morgan fingerprint density at radius 2 is 1.75 bits per heavy atom. The lowest BCUT2D eigenvalue weighted by Gasteiger charge is -2.30. The van der Waals surface area contributed by atoms with Crippen LogP contribution in [0.5, 0.6) is 0 Å². The van der Waals surface area contributed by atoms with Gasteiger partial charge in [-0.3, -0.25) is 0 Å². The fourth-order valence-corrected chi connectivity index (χ4v) is 4.02. The van der Waals surface area contributed by atoms with Crippen molar-refractivity contribution < 1.29 is 14.6 Å². The predicted molar refractivity (Wildman–Crippen MR) is 96.4 cm³/mol. The standard InChI is InChI=1S/C19H36N2O3/c1-20(19(22)23)15-17-7-9-18(10-8-17)16-24-14-6-5-13-21-11-3-2-4-12-21/h17-18H,2-16H2,1H3,(H,22,23). The first-order valence-electron chi connectivity index (χ1n) is 9.89. The molecule has 5 heteroatoms. The highest BCUT2D eigenvalue weighted by Gasteiger charge is 2.23. The van der Waals surface area contributed by atoms with Gasteiger partial charge in [0.15, 0.2) is 0 Å². The van der Waals surface area contributed by atoms with Crippen molar-refractivity contribution in [2.45, 2.75) is 57.8 Å². The molecule has 1 aliphatic carbocycles. The minimum atomic E-state index is -0.815. The minimum absolute atomic E-state index is 0.534. The maximum Gasteiger partial charge on any atom is 0.407 e. The number of carboxylic acid groups (broad SMARTS) is 1. The van der Waals surface area contributed by atoms with Crippen LogP contribution in [0.15, 0.2) is 0 Å². The van der Waals surface area contributed by atoms with Crippen LogP contribution in [0.4, 0.5) is 4.79 Å². The molecule has 140 valence electrons. The molecule has 0 aromatic carbocycles. The summed E-state index contributed by atoms with van der Waals surface area (Å²) in [7, 11) is 1.67. The lowest BCUT2D eigenvalue weighted by molar-refractivity contribution is 0.0697. The number of rotatable bonds is 9. The molecule has 24 heavy (non-hydrogen) atoms. The summed E-state index contributed by atoms with van der Waals surface area (Å²) in [6.45, 7) is 6.30. The zero-order valence-corrected chi connectivity index (χ0v) is 15.4. The monoisotopic (exact) mass is 340 g/mol. The Bertz CT molecular complexity index is 351. The molecule has 0 aromatic heterocycles. The maximum atomic E-state index is 10.9. The number of carbonyl (C=O) groups is 1. The van der Waals surface area contributed by atoms with E-state index in [-0.39, 0.29) is 0 Å². The van der Waals surface area contributed by atoms with Crippen LogP contribution in [0.1, 0.15) is 57.8 Å². The van der Waals surface area contributed by atoms with E-state index >= 15 is 0 Å². The Morgan fingerprint density at radius 1 is 1.08 bits per heavy atom. The van der Waals surface area contributed by atoms with Gasteiger partial charge in [0.1, 0.15) is 0 Å². The molecule has 0 spiro atoms. The smallest absolute Gasteiger partial charge is 0.407 e. The van der Waals surface area contributed by atoms with Crippen molar-refractivity contribution in [3.05, 3.63) is 0 Å². The average Bonchev–Trinajstić information content (AvgIpc) is 2.60. The molecule has 0 atom stereocenters. The van der Waals surface area contributed by atoms with E-state index in [1.54, 1.807) is 7.05 Å². The van der Waals surface area contributed by atoms with Crippen LogP contribution < -0.4 is 0 Å². The summed E-state index contributed by atoms with van der Waals surface area (Å²) in [5, 5.41) is 8.94. The fourth-order valence-electron chi connectivity index (χ4n) is 4.02. The first-order valence-corrected chi connectivity index (χ1v) is 9.89. The molecule has 1 aliphatic heterocycles. The van der Waals surface area contributed by atoms with Crippen LogP contribution >= 0.6 is 0 Å². The number of hydrogen-bond acceptors (Lipinski definition) is 3. The summed E-state index contributed by atoms with van der Waals surface area (Å²) >= 11 is 0. The van der Waals surface area contributed by atoms with Gasteiger partial charge in [-0.15, -0.1) is 0 Å². The molecule has 0 radical (unpaired) electrons. The third-order valence-electron chi connectivity index (χ3n) is 5.64. The summed E-state index contributed by atoms with van der Waals surface area (Å²) in [6, 6.07) is 0. The third-order valence-corrected chi connectivity index (χ3v) is 5.64. The minimum Gasteiger partial charge on any atom is -0.465 e. The molecule has 0 bridgehead atoms. The van der Waals surface area contributed by atoms with Gasteiger partial charge < -0.3 is 19.6 Å². The molecule has 2 aliphatic rings. The van der Waals surface area contributed by atoms with Crippen LogP contribution in [0, 0.1) is 11.8 Å². The zero-order valence-electron chi connectivity index (χ0n) is 15.4. The van der Waals surface area contributed by atoms with Crippen molar-refractivity contribution >= 4 is 6.09 Å². The van der Waals surface area contributed by atoms with Crippen molar-refractivity contribution in [3.8, 4) is 0 Å². The van der Waals surface area contributed by atoms with Crippen molar-refractivity contribution in [1.29, 1.82) is 0 Å². The van der Waals surface area contributed by atoms with Gasteiger partial charge in [0, 0.05) is 26.8 Å². The molecule has 1 saturated heterocycles. The molecule has 1 amide bonds. The van der Waals surface area contributed by atoms with Gasteiger partial charge in [-0.2, -0.15) is 0 Å². The number of hydrogen-bond donors (Lipinski definition) is 1. The summed E-state index contributed by atoms with van der Waals surface area (Å²) in [5.41, 5.74) is 0.